The summed E-state index contributed by atoms with van der Waals surface area (Å²) in [5.74, 6) is 1.23. The molecule has 1 heterocycles. The Morgan fingerprint density at radius 3 is 2.75 bits per heavy atom. The van der Waals surface area contributed by atoms with Gasteiger partial charge in [0.05, 0.1) is 11.2 Å². The van der Waals surface area contributed by atoms with Crippen LogP contribution in [0.4, 0.5) is 0 Å². The van der Waals surface area contributed by atoms with Crippen LogP contribution in [0.25, 0.3) is 0 Å². The fourth-order valence-corrected chi connectivity index (χ4v) is 2.71. The summed E-state index contributed by atoms with van der Waals surface area (Å²) in [7, 11) is 0. The van der Waals surface area contributed by atoms with E-state index in [1.54, 1.807) is 0 Å². The molecule has 110 valence electrons. The quantitative estimate of drug-likeness (QED) is 0.924. The summed E-state index contributed by atoms with van der Waals surface area (Å²) in [4.78, 5) is 20.6. The molecule has 0 spiro atoms. The van der Waals surface area contributed by atoms with E-state index in [2.05, 4.69) is 15.3 Å². The summed E-state index contributed by atoms with van der Waals surface area (Å²) >= 11 is 6.03. The molecule has 1 amide bonds. The van der Waals surface area contributed by atoms with E-state index in [1.807, 2.05) is 13.8 Å². The Bertz CT molecular complexity index is 470. The van der Waals surface area contributed by atoms with Crippen LogP contribution >= 0.6 is 11.6 Å². The molecule has 0 bridgehead atoms. The number of amides is 1. The van der Waals surface area contributed by atoms with Crippen molar-refractivity contribution in [2.24, 2.45) is 5.92 Å². The molecule has 4 nitrogen and oxygen atoms in total. The largest absolute Gasteiger partial charge is 0.350 e. The summed E-state index contributed by atoms with van der Waals surface area (Å²) in [6.07, 6.45) is 7.78. The molecule has 1 N–H and O–H groups in total. The van der Waals surface area contributed by atoms with Gasteiger partial charge in [0.1, 0.15) is 11.5 Å². The lowest BCUT2D eigenvalue weighted by Gasteiger charge is -2.21. The van der Waals surface area contributed by atoms with Crippen molar-refractivity contribution in [1.82, 2.24) is 15.3 Å². The molecular weight excluding hydrogens is 274 g/mol. The SMILES string of the molecule is CC(C)c1ncc(Cl)c(C(=O)NCC2CCCCC2)n1. The van der Waals surface area contributed by atoms with Crippen LogP contribution in [0.5, 0.6) is 0 Å². The normalized spacial score (nSPS) is 16.4. The maximum atomic E-state index is 12.2. The van der Waals surface area contributed by atoms with Gasteiger partial charge in [0.15, 0.2) is 0 Å². The van der Waals surface area contributed by atoms with E-state index in [0.717, 1.165) is 6.54 Å². The molecule has 1 aliphatic rings. The molecule has 0 aliphatic heterocycles. The molecule has 1 aliphatic carbocycles. The molecule has 5 heteroatoms. The van der Waals surface area contributed by atoms with Gasteiger partial charge in [-0.05, 0) is 18.8 Å². The monoisotopic (exact) mass is 295 g/mol. The highest BCUT2D eigenvalue weighted by molar-refractivity contribution is 6.33. The first-order valence-electron chi connectivity index (χ1n) is 7.38. The number of aromatic nitrogens is 2. The van der Waals surface area contributed by atoms with Crippen molar-refractivity contribution in [3.8, 4) is 0 Å². The van der Waals surface area contributed by atoms with Gasteiger partial charge in [-0.15, -0.1) is 0 Å². The fourth-order valence-electron chi connectivity index (χ4n) is 2.53. The number of carbonyl (C=O) groups is 1. The predicted molar refractivity (Wildman–Crippen MR) is 80.0 cm³/mol. The summed E-state index contributed by atoms with van der Waals surface area (Å²) in [6.45, 7) is 4.70. The van der Waals surface area contributed by atoms with Crippen LogP contribution in [0.2, 0.25) is 5.02 Å². The first kappa shape index (κ1) is 15.2. The second-order valence-corrected chi connectivity index (χ2v) is 6.20. The third-order valence-electron chi connectivity index (χ3n) is 3.77. The molecule has 1 saturated carbocycles. The van der Waals surface area contributed by atoms with E-state index in [-0.39, 0.29) is 11.8 Å². The zero-order valence-corrected chi connectivity index (χ0v) is 12.9. The summed E-state index contributed by atoms with van der Waals surface area (Å²) in [5.41, 5.74) is 0.293. The Labute approximate surface area is 125 Å². The van der Waals surface area contributed by atoms with Gasteiger partial charge in [-0.2, -0.15) is 0 Å². The Balaban J connectivity index is 1.99. The second kappa shape index (κ2) is 7.02. The van der Waals surface area contributed by atoms with Gasteiger partial charge in [0.25, 0.3) is 5.91 Å². The zero-order chi connectivity index (χ0) is 14.5. The lowest BCUT2D eigenvalue weighted by atomic mass is 9.89. The highest BCUT2D eigenvalue weighted by Gasteiger charge is 2.18. The van der Waals surface area contributed by atoms with Gasteiger partial charge in [0.2, 0.25) is 0 Å². The molecule has 20 heavy (non-hydrogen) atoms. The van der Waals surface area contributed by atoms with Crippen LogP contribution < -0.4 is 5.32 Å². The number of nitrogens with one attached hydrogen (secondary N) is 1. The van der Waals surface area contributed by atoms with E-state index >= 15 is 0 Å². The van der Waals surface area contributed by atoms with Crippen molar-refractivity contribution < 1.29 is 4.79 Å². The average molecular weight is 296 g/mol. The molecule has 1 aromatic heterocycles. The van der Waals surface area contributed by atoms with E-state index in [0.29, 0.717) is 22.5 Å². The predicted octanol–water partition coefficient (Wildman–Crippen LogP) is 3.56. The standard InChI is InChI=1S/C15H22ClN3O/c1-10(2)14-17-9-12(16)13(19-14)15(20)18-8-11-6-4-3-5-7-11/h9-11H,3-8H2,1-2H3,(H,18,20). The van der Waals surface area contributed by atoms with Gasteiger partial charge in [0, 0.05) is 12.5 Å². The number of rotatable bonds is 4. The van der Waals surface area contributed by atoms with Crippen molar-refractivity contribution >= 4 is 17.5 Å². The van der Waals surface area contributed by atoms with Crippen LogP contribution in [0.3, 0.4) is 0 Å². The van der Waals surface area contributed by atoms with Crippen LogP contribution in [-0.2, 0) is 0 Å². The van der Waals surface area contributed by atoms with Gasteiger partial charge < -0.3 is 5.32 Å². The number of carbonyl (C=O) groups excluding carboxylic acids is 1. The van der Waals surface area contributed by atoms with E-state index < -0.39 is 0 Å². The molecular formula is C15H22ClN3O. The van der Waals surface area contributed by atoms with E-state index in [1.165, 1.54) is 38.3 Å². The molecule has 1 aromatic rings. The maximum absolute atomic E-state index is 12.2. The smallest absolute Gasteiger partial charge is 0.271 e. The first-order chi connectivity index (χ1) is 9.58. The molecule has 0 unspecified atom stereocenters. The third kappa shape index (κ3) is 3.92. The van der Waals surface area contributed by atoms with Crippen LogP contribution in [0, 0.1) is 5.92 Å². The molecule has 1 fully saturated rings. The van der Waals surface area contributed by atoms with Crippen molar-refractivity contribution in [1.29, 1.82) is 0 Å². The Kier molecular flexibility index (Phi) is 5.35. The van der Waals surface area contributed by atoms with Gasteiger partial charge in [-0.25, -0.2) is 9.97 Å². The lowest BCUT2D eigenvalue weighted by molar-refractivity contribution is 0.0938. The molecule has 0 aromatic carbocycles. The average Bonchev–Trinajstić information content (AvgIpc) is 2.46. The number of hydrogen-bond donors (Lipinski definition) is 1. The molecule has 0 atom stereocenters. The highest BCUT2D eigenvalue weighted by atomic mass is 35.5. The maximum Gasteiger partial charge on any atom is 0.271 e. The highest BCUT2D eigenvalue weighted by Crippen LogP contribution is 2.23. The lowest BCUT2D eigenvalue weighted by Crippen LogP contribution is -2.31. The zero-order valence-electron chi connectivity index (χ0n) is 12.2. The van der Waals surface area contributed by atoms with E-state index in [4.69, 9.17) is 11.6 Å². The van der Waals surface area contributed by atoms with Crippen molar-refractivity contribution in [3.05, 3.63) is 22.7 Å². The Morgan fingerprint density at radius 2 is 2.10 bits per heavy atom. The summed E-state index contributed by atoms with van der Waals surface area (Å²) in [5, 5.41) is 3.28. The minimum absolute atomic E-state index is 0.178. The van der Waals surface area contributed by atoms with E-state index in [9.17, 15) is 4.79 Å². The minimum atomic E-state index is -0.190. The molecule has 0 saturated heterocycles. The van der Waals surface area contributed by atoms with Crippen LogP contribution in [-0.4, -0.2) is 22.4 Å². The minimum Gasteiger partial charge on any atom is -0.350 e. The number of nitrogens with zero attached hydrogens (tertiary/aromatic N) is 2. The van der Waals surface area contributed by atoms with Crippen LogP contribution in [0.15, 0.2) is 6.20 Å². The van der Waals surface area contributed by atoms with Crippen molar-refractivity contribution in [2.75, 3.05) is 6.54 Å². The van der Waals surface area contributed by atoms with Gasteiger partial charge in [-0.3, -0.25) is 4.79 Å². The molecule has 2 rings (SSSR count). The summed E-state index contributed by atoms with van der Waals surface area (Å²) in [6, 6.07) is 0. The molecule has 0 radical (unpaired) electrons. The van der Waals surface area contributed by atoms with Crippen LogP contribution in [0.1, 0.15) is 68.2 Å². The number of halogens is 1. The second-order valence-electron chi connectivity index (χ2n) is 5.79. The third-order valence-corrected chi connectivity index (χ3v) is 4.05. The fraction of sp³-hybridized carbons (Fsp3) is 0.667. The van der Waals surface area contributed by atoms with Gasteiger partial charge >= 0.3 is 0 Å². The van der Waals surface area contributed by atoms with Crippen molar-refractivity contribution in [3.63, 3.8) is 0 Å². The van der Waals surface area contributed by atoms with Crippen molar-refractivity contribution in [2.45, 2.75) is 51.9 Å². The topological polar surface area (TPSA) is 54.9 Å². The first-order valence-corrected chi connectivity index (χ1v) is 7.76. The Hall–Kier alpha value is -1.16. The Morgan fingerprint density at radius 1 is 1.40 bits per heavy atom. The van der Waals surface area contributed by atoms with Gasteiger partial charge in [-0.1, -0.05) is 44.7 Å². The summed E-state index contributed by atoms with van der Waals surface area (Å²) < 4.78 is 0. The number of hydrogen-bond acceptors (Lipinski definition) is 3.